The third kappa shape index (κ3) is 5.33. The van der Waals surface area contributed by atoms with Gasteiger partial charge in [-0.3, -0.25) is 4.90 Å². The lowest BCUT2D eigenvalue weighted by Gasteiger charge is -2.49. The van der Waals surface area contributed by atoms with Gasteiger partial charge in [-0.1, -0.05) is 30.3 Å². The number of nitrogens with zero attached hydrogens (tertiary/aromatic N) is 6. The Kier molecular flexibility index (Phi) is 7.44. The van der Waals surface area contributed by atoms with Crippen LogP contribution in [0, 0.1) is 11.3 Å². The lowest BCUT2D eigenvalue weighted by atomic mass is 9.83. The van der Waals surface area contributed by atoms with Crippen molar-refractivity contribution in [2.24, 2.45) is 0 Å². The SMILES string of the molecule is CN1CCC[C@H]1COc1nc2c(c(N3CCN(C(=O)O)[C@](CC#N)(Cc4ccccc4)C3)n1)CCNC2. The third-order valence-electron chi connectivity index (χ3n) is 7.94. The summed E-state index contributed by atoms with van der Waals surface area (Å²) in [7, 11) is 2.12. The number of nitriles is 1. The molecule has 3 aliphatic rings. The summed E-state index contributed by atoms with van der Waals surface area (Å²) in [5, 5.41) is 23.3. The first-order valence-electron chi connectivity index (χ1n) is 13.1. The van der Waals surface area contributed by atoms with Crippen LogP contribution in [0.4, 0.5) is 10.6 Å². The number of rotatable bonds is 7. The van der Waals surface area contributed by atoms with Crippen molar-refractivity contribution in [2.75, 3.05) is 51.3 Å². The van der Waals surface area contributed by atoms with Crippen LogP contribution in [-0.4, -0.2) is 88.9 Å². The van der Waals surface area contributed by atoms with Gasteiger partial charge in [-0.15, -0.1) is 0 Å². The molecule has 3 aliphatic heterocycles. The molecule has 2 atom stereocenters. The maximum Gasteiger partial charge on any atom is 0.407 e. The highest BCUT2D eigenvalue weighted by Crippen LogP contribution is 2.35. The van der Waals surface area contributed by atoms with E-state index in [1.807, 2.05) is 30.3 Å². The minimum atomic E-state index is -0.996. The van der Waals surface area contributed by atoms with Crippen molar-refractivity contribution in [1.29, 1.82) is 5.26 Å². The molecule has 5 rings (SSSR count). The molecule has 196 valence electrons. The Morgan fingerprint density at radius 1 is 1.27 bits per heavy atom. The Labute approximate surface area is 217 Å². The number of carboxylic acid groups (broad SMARTS) is 1. The van der Waals surface area contributed by atoms with Crippen molar-refractivity contribution in [3.63, 3.8) is 0 Å². The lowest BCUT2D eigenvalue weighted by Crippen LogP contribution is -2.65. The summed E-state index contributed by atoms with van der Waals surface area (Å²) >= 11 is 0. The molecule has 2 aromatic rings. The minimum absolute atomic E-state index is 0.0941. The van der Waals surface area contributed by atoms with Crippen LogP contribution in [0.25, 0.3) is 0 Å². The number of piperazine rings is 1. The van der Waals surface area contributed by atoms with Gasteiger partial charge in [0.25, 0.3) is 0 Å². The zero-order valence-electron chi connectivity index (χ0n) is 21.4. The number of ether oxygens (including phenoxy) is 1. The number of carbonyl (C=O) groups is 1. The summed E-state index contributed by atoms with van der Waals surface area (Å²) in [6, 6.07) is 12.8. The standard InChI is InChI=1S/C27H35N7O3/c1-32-13-5-8-21(32)18-37-25-30-23-17-29-12-9-22(23)24(31-25)33-14-15-34(26(35)36)27(19-33,10-11-28)16-20-6-3-2-4-7-20/h2-4,6-7,21,29H,5,8-10,12-19H2,1H3,(H,35,36)/t21-,27+/m0/s1. The Morgan fingerprint density at radius 2 is 2.11 bits per heavy atom. The van der Waals surface area contributed by atoms with Gasteiger partial charge in [0, 0.05) is 37.8 Å². The Morgan fingerprint density at radius 3 is 2.84 bits per heavy atom. The molecule has 10 nitrogen and oxygen atoms in total. The van der Waals surface area contributed by atoms with Crippen LogP contribution in [-0.2, 0) is 19.4 Å². The van der Waals surface area contributed by atoms with Crippen molar-refractivity contribution < 1.29 is 14.6 Å². The smallest absolute Gasteiger partial charge is 0.407 e. The number of anilines is 1. The third-order valence-corrected chi connectivity index (χ3v) is 7.94. The van der Waals surface area contributed by atoms with Gasteiger partial charge in [-0.2, -0.15) is 15.2 Å². The summed E-state index contributed by atoms with van der Waals surface area (Å²) in [6.45, 7) is 4.26. The fraction of sp³-hybridized carbons (Fsp3) is 0.556. The molecule has 0 radical (unpaired) electrons. The summed E-state index contributed by atoms with van der Waals surface area (Å²) in [4.78, 5) is 27.9. The van der Waals surface area contributed by atoms with Crippen LogP contribution >= 0.6 is 0 Å². The van der Waals surface area contributed by atoms with Crippen LogP contribution in [0.2, 0.25) is 0 Å². The number of hydrogen-bond acceptors (Lipinski definition) is 8. The maximum absolute atomic E-state index is 12.3. The second-order valence-corrected chi connectivity index (χ2v) is 10.3. The van der Waals surface area contributed by atoms with Crippen LogP contribution in [0.15, 0.2) is 30.3 Å². The van der Waals surface area contributed by atoms with Gasteiger partial charge in [-0.05, 0) is 51.4 Å². The van der Waals surface area contributed by atoms with Gasteiger partial charge in [0.15, 0.2) is 0 Å². The predicted molar refractivity (Wildman–Crippen MR) is 139 cm³/mol. The molecular formula is C27H35N7O3. The fourth-order valence-electron chi connectivity index (χ4n) is 5.95. The average Bonchev–Trinajstić information content (AvgIpc) is 3.32. The molecule has 0 spiro atoms. The predicted octanol–water partition coefficient (Wildman–Crippen LogP) is 2.29. The summed E-state index contributed by atoms with van der Waals surface area (Å²) in [5.41, 5.74) is 2.13. The van der Waals surface area contributed by atoms with Gasteiger partial charge >= 0.3 is 12.1 Å². The quantitative estimate of drug-likeness (QED) is 0.584. The van der Waals surface area contributed by atoms with Gasteiger partial charge in [0.2, 0.25) is 0 Å². The minimum Gasteiger partial charge on any atom is -0.465 e. The molecular weight excluding hydrogens is 470 g/mol. The number of nitrogens with one attached hydrogen (secondary N) is 1. The molecule has 2 saturated heterocycles. The second-order valence-electron chi connectivity index (χ2n) is 10.3. The molecule has 1 aromatic heterocycles. The number of benzene rings is 1. The lowest BCUT2D eigenvalue weighted by molar-refractivity contribution is 0.0668. The first-order chi connectivity index (χ1) is 18.0. The van der Waals surface area contributed by atoms with Gasteiger partial charge in [0.1, 0.15) is 12.4 Å². The van der Waals surface area contributed by atoms with E-state index in [1.165, 1.54) is 11.3 Å². The number of aromatic nitrogens is 2. The van der Waals surface area contributed by atoms with Gasteiger partial charge in [-0.25, -0.2) is 4.79 Å². The van der Waals surface area contributed by atoms with Gasteiger partial charge in [0.05, 0.1) is 23.7 Å². The fourth-order valence-corrected chi connectivity index (χ4v) is 5.95. The first-order valence-corrected chi connectivity index (χ1v) is 13.1. The Hall–Kier alpha value is -3.42. The first kappa shape index (κ1) is 25.2. The second kappa shape index (κ2) is 10.9. The number of likely N-dealkylation sites (tertiary alicyclic amines) is 1. The van der Waals surface area contributed by atoms with E-state index in [0.717, 1.165) is 48.6 Å². The van der Waals surface area contributed by atoms with Crippen molar-refractivity contribution in [3.8, 4) is 12.1 Å². The van der Waals surface area contributed by atoms with E-state index in [-0.39, 0.29) is 6.42 Å². The van der Waals surface area contributed by atoms with Crippen LogP contribution in [0.5, 0.6) is 6.01 Å². The molecule has 37 heavy (non-hydrogen) atoms. The maximum atomic E-state index is 12.3. The van der Waals surface area contributed by atoms with E-state index >= 15 is 0 Å². The van der Waals surface area contributed by atoms with Crippen molar-refractivity contribution in [3.05, 3.63) is 47.2 Å². The Bertz CT molecular complexity index is 1150. The van der Waals surface area contributed by atoms with Gasteiger partial charge < -0.3 is 25.0 Å². The van der Waals surface area contributed by atoms with Crippen LogP contribution in [0.1, 0.15) is 36.1 Å². The number of hydrogen-bond donors (Lipinski definition) is 2. The van der Waals surface area contributed by atoms with E-state index < -0.39 is 11.6 Å². The molecule has 2 fully saturated rings. The van der Waals surface area contributed by atoms with Crippen molar-refractivity contribution >= 4 is 11.9 Å². The van der Waals surface area contributed by atoms with Crippen molar-refractivity contribution in [2.45, 2.75) is 50.2 Å². The Balaban J connectivity index is 1.47. The molecule has 2 N–H and O–H groups in total. The van der Waals surface area contributed by atoms with E-state index in [1.54, 1.807) is 0 Å². The molecule has 0 saturated carbocycles. The average molecular weight is 506 g/mol. The van der Waals surface area contributed by atoms with E-state index in [2.05, 4.69) is 28.2 Å². The molecule has 10 heteroatoms. The molecule has 0 aliphatic carbocycles. The summed E-state index contributed by atoms with van der Waals surface area (Å²) in [6.07, 6.45) is 2.61. The summed E-state index contributed by atoms with van der Waals surface area (Å²) < 4.78 is 6.14. The van der Waals surface area contributed by atoms with E-state index in [4.69, 9.17) is 14.7 Å². The molecule has 0 bridgehead atoms. The number of fused-ring (bicyclic) bond motifs is 1. The van der Waals surface area contributed by atoms with Crippen molar-refractivity contribution in [1.82, 2.24) is 25.1 Å². The number of amides is 1. The normalized spacial score (nSPS) is 23.9. The highest BCUT2D eigenvalue weighted by atomic mass is 16.5. The summed E-state index contributed by atoms with van der Waals surface area (Å²) in [5.74, 6) is 0.807. The molecule has 4 heterocycles. The highest BCUT2D eigenvalue weighted by molar-refractivity contribution is 5.67. The zero-order valence-corrected chi connectivity index (χ0v) is 21.4. The monoisotopic (exact) mass is 505 g/mol. The topological polar surface area (TPSA) is 118 Å². The molecule has 1 aromatic carbocycles. The highest BCUT2D eigenvalue weighted by Gasteiger charge is 2.45. The largest absolute Gasteiger partial charge is 0.465 e. The van der Waals surface area contributed by atoms with Crippen LogP contribution < -0.4 is 15.0 Å². The number of likely N-dealkylation sites (N-methyl/N-ethyl adjacent to an activating group) is 1. The zero-order chi connectivity index (χ0) is 25.8. The van der Waals surface area contributed by atoms with E-state index in [0.29, 0.717) is 51.3 Å². The van der Waals surface area contributed by atoms with E-state index in [9.17, 15) is 15.2 Å². The molecule has 0 unspecified atom stereocenters. The molecule has 1 amide bonds. The van der Waals surface area contributed by atoms with Crippen LogP contribution in [0.3, 0.4) is 0 Å².